The quantitative estimate of drug-likeness (QED) is 0.151. The number of hydrogen-bond acceptors (Lipinski definition) is 4. The Kier molecular flexibility index (Phi) is 8.52. The molecule has 4 aromatic carbocycles. The summed E-state index contributed by atoms with van der Waals surface area (Å²) in [5.74, 6) is 0.0481. The van der Waals surface area contributed by atoms with Crippen LogP contribution in [0, 0.1) is 0 Å². The number of aromatic nitrogens is 1. The lowest BCUT2D eigenvalue weighted by molar-refractivity contribution is -0.213. The van der Waals surface area contributed by atoms with E-state index in [4.69, 9.17) is 9.78 Å². The average Bonchev–Trinajstić information content (AvgIpc) is 2.99. The van der Waals surface area contributed by atoms with Gasteiger partial charge in [-0.1, -0.05) is 104 Å². The third kappa shape index (κ3) is 6.56. The van der Waals surface area contributed by atoms with Crippen LogP contribution in [0.15, 0.2) is 126 Å². The molecule has 5 rings (SSSR count). The first kappa shape index (κ1) is 26.7. The van der Waals surface area contributed by atoms with Crippen LogP contribution in [-0.2, 0) is 16.1 Å². The molecule has 0 saturated carbocycles. The molecule has 0 bridgehead atoms. The number of carbonyl (C=O) groups is 1. The van der Waals surface area contributed by atoms with Crippen molar-refractivity contribution in [1.29, 1.82) is 0 Å². The molecule has 0 saturated heterocycles. The predicted molar refractivity (Wildman–Crippen MR) is 157 cm³/mol. The summed E-state index contributed by atoms with van der Waals surface area (Å²) in [4.78, 5) is 37.7. The Bertz CT molecular complexity index is 1590. The predicted octanol–water partition coefficient (Wildman–Crippen LogP) is 7.45. The van der Waals surface area contributed by atoms with Crippen molar-refractivity contribution in [1.82, 2.24) is 4.98 Å². The minimum atomic E-state index is -0.399. The number of benzene rings is 4. The summed E-state index contributed by atoms with van der Waals surface area (Å²) in [6, 6.07) is 38.2. The maximum absolute atomic E-state index is 12.9. The van der Waals surface area contributed by atoms with E-state index in [0.717, 1.165) is 33.4 Å². The first-order valence-electron chi connectivity index (χ1n) is 13.5. The highest BCUT2D eigenvalue weighted by Gasteiger charge is 2.18. The monoisotopic (exact) mass is 529 g/mol. The molecular formula is C35H31NO4. The van der Waals surface area contributed by atoms with E-state index in [-0.39, 0.29) is 11.5 Å². The minimum absolute atomic E-state index is 0.00139. The Balaban J connectivity index is 1.41. The van der Waals surface area contributed by atoms with Gasteiger partial charge in [-0.2, -0.15) is 0 Å². The zero-order chi connectivity index (χ0) is 27.7. The number of hydrogen-bond donors (Lipinski definition) is 1. The van der Waals surface area contributed by atoms with Gasteiger partial charge in [0, 0.05) is 30.5 Å². The van der Waals surface area contributed by atoms with Gasteiger partial charge in [-0.25, -0.2) is 4.79 Å². The fraction of sp³-hybridized carbons (Fsp3) is 0.143. The first-order valence-corrected chi connectivity index (χ1v) is 13.5. The molecule has 0 aliphatic heterocycles. The molecule has 1 N–H and O–H groups in total. The Morgan fingerprint density at radius 1 is 0.750 bits per heavy atom. The van der Waals surface area contributed by atoms with E-state index in [0.29, 0.717) is 30.6 Å². The number of rotatable bonds is 10. The van der Waals surface area contributed by atoms with Crippen molar-refractivity contribution < 1.29 is 14.6 Å². The van der Waals surface area contributed by atoms with Gasteiger partial charge in [0.2, 0.25) is 0 Å². The number of carbonyl (C=O) groups excluding carboxylic acids is 1. The van der Waals surface area contributed by atoms with E-state index in [1.807, 2.05) is 92.0 Å². The third-order valence-corrected chi connectivity index (χ3v) is 6.78. The average molecular weight is 530 g/mol. The second kappa shape index (κ2) is 12.8. The van der Waals surface area contributed by atoms with Gasteiger partial charge in [0.05, 0.1) is 0 Å². The lowest BCUT2D eigenvalue weighted by atomic mass is 9.85. The van der Waals surface area contributed by atoms with E-state index in [1.54, 1.807) is 6.07 Å². The molecule has 0 fully saturated rings. The van der Waals surface area contributed by atoms with Crippen LogP contribution in [0.2, 0.25) is 0 Å². The highest BCUT2D eigenvalue weighted by Crippen LogP contribution is 2.32. The van der Waals surface area contributed by atoms with Crippen LogP contribution in [0.4, 0.5) is 0 Å². The number of aromatic amines is 1. The summed E-state index contributed by atoms with van der Waals surface area (Å²) in [7, 11) is 0. The Labute approximate surface area is 234 Å². The molecule has 0 aliphatic carbocycles. The standard InChI is InChI=1S/C35H31NO4/c1-2-11-33(37)40-39-32-19-10-18-29(23-32)28-17-9-12-25(20-28)21-30-22-31(24-36-35(30)38)34(26-13-5-3-6-14-26)27-15-7-4-8-16-27/h3-10,12-20,22-24,34H,2,11,21H2,1H3,(H,36,38). The van der Waals surface area contributed by atoms with Crippen molar-refractivity contribution in [3.8, 4) is 16.9 Å². The second-order valence-electron chi connectivity index (χ2n) is 9.74. The molecule has 5 aromatic rings. The number of pyridine rings is 1. The molecule has 40 heavy (non-hydrogen) atoms. The molecule has 0 amide bonds. The number of nitrogens with one attached hydrogen (secondary N) is 1. The summed E-state index contributed by atoms with van der Waals surface area (Å²) in [5, 5.41) is 0. The smallest absolute Gasteiger partial charge is 0.329 e. The van der Waals surface area contributed by atoms with Gasteiger partial charge in [-0.15, -0.1) is 0 Å². The van der Waals surface area contributed by atoms with Crippen LogP contribution in [0.25, 0.3) is 11.1 Å². The van der Waals surface area contributed by atoms with E-state index in [1.165, 1.54) is 0 Å². The van der Waals surface area contributed by atoms with Gasteiger partial charge in [0.15, 0.2) is 5.75 Å². The largest absolute Gasteiger partial charge is 0.355 e. The molecule has 0 spiro atoms. The highest BCUT2D eigenvalue weighted by molar-refractivity contribution is 5.69. The topological polar surface area (TPSA) is 68.4 Å². The first-order chi connectivity index (χ1) is 19.6. The molecule has 0 unspecified atom stereocenters. The normalized spacial score (nSPS) is 10.8. The van der Waals surface area contributed by atoms with Crippen molar-refractivity contribution in [3.63, 3.8) is 0 Å². The minimum Gasteiger partial charge on any atom is -0.329 e. The molecule has 0 atom stereocenters. The highest BCUT2D eigenvalue weighted by atomic mass is 17.2. The summed E-state index contributed by atoms with van der Waals surface area (Å²) >= 11 is 0. The maximum Gasteiger partial charge on any atom is 0.355 e. The summed E-state index contributed by atoms with van der Waals surface area (Å²) in [6.07, 6.45) is 3.31. The van der Waals surface area contributed by atoms with Crippen molar-refractivity contribution in [3.05, 3.63) is 160 Å². The SMILES string of the molecule is CCCC(=O)OOc1cccc(-c2cccc(Cc3cc(C(c4ccccc4)c4ccccc4)c[nH]c3=O)c2)c1. The van der Waals surface area contributed by atoms with Crippen molar-refractivity contribution in [2.24, 2.45) is 0 Å². The van der Waals surface area contributed by atoms with Gasteiger partial charge in [0.1, 0.15) is 0 Å². The molecule has 0 aliphatic rings. The maximum atomic E-state index is 12.9. The molecule has 5 heteroatoms. The Hall–Kier alpha value is -4.90. The number of H-pyrrole nitrogens is 1. The van der Waals surface area contributed by atoms with Crippen molar-refractivity contribution in [2.45, 2.75) is 32.1 Å². The second-order valence-corrected chi connectivity index (χ2v) is 9.74. The molecule has 5 nitrogen and oxygen atoms in total. The fourth-order valence-corrected chi connectivity index (χ4v) is 4.86. The van der Waals surface area contributed by atoms with Gasteiger partial charge in [-0.3, -0.25) is 14.6 Å². The Morgan fingerprint density at radius 2 is 1.40 bits per heavy atom. The van der Waals surface area contributed by atoms with Crippen LogP contribution in [0.5, 0.6) is 5.75 Å². The summed E-state index contributed by atoms with van der Waals surface area (Å²) in [5.41, 5.74) is 6.86. The molecule has 200 valence electrons. The van der Waals surface area contributed by atoms with E-state index in [2.05, 4.69) is 35.3 Å². The molecule has 1 heterocycles. The molecule has 1 aromatic heterocycles. The van der Waals surface area contributed by atoms with E-state index >= 15 is 0 Å². The van der Waals surface area contributed by atoms with Crippen LogP contribution < -0.4 is 10.4 Å². The van der Waals surface area contributed by atoms with E-state index < -0.39 is 5.97 Å². The zero-order valence-electron chi connectivity index (χ0n) is 22.4. The van der Waals surface area contributed by atoms with Crippen molar-refractivity contribution >= 4 is 5.97 Å². The third-order valence-electron chi connectivity index (χ3n) is 6.78. The van der Waals surface area contributed by atoms with Crippen molar-refractivity contribution in [2.75, 3.05) is 0 Å². The lowest BCUT2D eigenvalue weighted by Gasteiger charge is -2.19. The fourth-order valence-electron chi connectivity index (χ4n) is 4.86. The Morgan fingerprint density at radius 3 is 2.08 bits per heavy atom. The van der Waals surface area contributed by atoms with Gasteiger partial charge in [-0.05, 0) is 58.0 Å². The summed E-state index contributed by atoms with van der Waals surface area (Å²) < 4.78 is 0. The van der Waals surface area contributed by atoms with Gasteiger partial charge >= 0.3 is 5.97 Å². The van der Waals surface area contributed by atoms with Crippen LogP contribution in [-0.4, -0.2) is 11.0 Å². The van der Waals surface area contributed by atoms with E-state index in [9.17, 15) is 9.59 Å². The molecular weight excluding hydrogens is 498 g/mol. The van der Waals surface area contributed by atoms with Gasteiger partial charge in [0.25, 0.3) is 5.56 Å². The van der Waals surface area contributed by atoms with Crippen LogP contribution in [0.1, 0.15) is 53.5 Å². The molecule has 0 radical (unpaired) electrons. The van der Waals surface area contributed by atoms with Crippen LogP contribution in [0.3, 0.4) is 0 Å². The lowest BCUT2D eigenvalue weighted by Crippen LogP contribution is -2.15. The summed E-state index contributed by atoms with van der Waals surface area (Å²) in [6.45, 7) is 1.91. The van der Waals surface area contributed by atoms with Crippen LogP contribution >= 0.6 is 0 Å². The zero-order valence-corrected chi connectivity index (χ0v) is 22.4. The van der Waals surface area contributed by atoms with Gasteiger partial charge < -0.3 is 4.98 Å².